The van der Waals surface area contributed by atoms with Gasteiger partial charge in [-0.1, -0.05) is 11.6 Å². The molecule has 15 heavy (non-hydrogen) atoms. The van der Waals surface area contributed by atoms with Crippen molar-refractivity contribution in [3.63, 3.8) is 0 Å². The molecule has 1 aliphatic heterocycles. The van der Waals surface area contributed by atoms with Gasteiger partial charge in [-0.3, -0.25) is 0 Å². The third-order valence-corrected chi connectivity index (χ3v) is 2.63. The van der Waals surface area contributed by atoms with E-state index < -0.39 is 0 Å². The minimum absolute atomic E-state index is 0.524. The van der Waals surface area contributed by atoms with E-state index in [1.807, 2.05) is 13.1 Å². The molecule has 0 atom stereocenters. The molecule has 1 fully saturated rings. The molecule has 1 aliphatic rings. The number of halogens is 1. The normalized spacial score (nSPS) is 16.5. The van der Waals surface area contributed by atoms with Gasteiger partial charge in [-0.15, -0.1) is 0 Å². The van der Waals surface area contributed by atoms with Gasteiger partial charge in [0.25, 0.3) is 0 Å². The third-order valence-electron chi connectivity index (χ3n) is 2.42. The molecule has 0 aromatic carbocycles. The quantitative estimate of drug-likeness (QED) is 0.780. The Balaban J connectivity index is 2.27. The first-order valence-electron chi connectivity index (χ1n) is 4.98. The number of morpholine rings is 1. The third kappa shape index (κ3) is 2.33. The van der Waals surface area contributed by atoms with Crippen LogP contribution in [0.5, 0.6) is 0 Å². The molecule has 0 spiro atoms. The number of hydrogen-bond donors (Lipinski definition) is 1. The van der Waals surface area contributed by atoms with E-state index in [1.165, 1.54) is 0 Å². The summed E-state index contributed by atoms with van der Waals surface area (Å²) in [5, 5.41) is 3.64. The predicted molar refractivity (Wildman–Crippen MR) is 61.8 cm³/mol. The standard InChI is InChI=1S/C10H14ClN3O/c1-12-8-2-3-9(11)13-10(8)14-4-6-15-7-5-14/h2-3,12H,4-7H2,1H3. The molecule has 1 aromatic heterocycles. The first kappa shape index (κ1) is 10.5. The summed E-state index contributed by atoms with van der Waals surface area (Å²) >= 11 is 5.90. The second kappa shape index (κ2) is 4.68. The van der Waals surface area contributed by atoms with Crippen LogP contribution in [0.4, 0.5) is 11.5 Å². The zero-order chi connectivity index (χ0) is 10.7. The van der Waals surface area contributed by atoms with E-state index >= 15 is 0 Å². The molecule has 5 heteroatoms. The van der Waals surface area contributed by atoms with Crippen LogP contribution in [0.15, 0.2) is 12.1 Å². The van der Waals surface area contributed by atoms with Crippen molar-refractivity contribution in [2.24, 2.45) is 0 Å². The number of pyridine rings is 1. The molecule has 0 radical (unpaired) electrons. The van der Waals surface area contributed by atoms with Crippen molar-refractivity contribution in [2.45, 2.75) is 0 Å². The number of ether oxygens (including phenoxy) is 1. The molecule has 0 unspecified atom stereocenters. The average Bonchev–Trinajstić information content (AvgIpc) is 2.30. The summed E-state index contributed by atoms with van der Waals surface area (Å²) in [7, 11) is 1.88. The maximum atomic E-state index is 5.90. The van der Waals surface area contributed by atoms with E-state index in [2.05, 4.69) is 15.2 Å². The second-order valence-electron chi connectivity index (χ2n) is 3.35. The lowest BCUT2D eigenvalue weighted by atomic mass is 10.3. The number of anilines is 2. The number of nitrogens with zero attached hydrogens (tertiary/aromatic N) is 2. The summed E-state index contributed by atoms with van der Waals surface area (Å²) in [4.78, 5) is 6.52. The Labute approximate surface area is 94.2 Å². The van der Waals surface area contributed by atoms with Crippen molar-refractivity contribution in [1.82, 2.24) is 4.98 Å². The van der Waals surface area contributed by atoms with Crippen LogP contribution < -0.4 is 10.2 Å². The van der Waals surface area contributed by atoms with Crippen LogP contribution >= 0.6 is 11.6 Å². The summed E-state index contributed by atoms with van der Waals surface area (Å²) in [5.41, 5.74) is 1.00. The van der Waals surface area contributed by atoms with Crippen LogP contribution in [0.2, 0.25) is 5.15 Å². The second-order valence-corrected chi connectivity index (χ2v) is 3.74. The van der Waals surface area contributed by atoms with Crippen LogP contribution in [0, 0.1) is 0 Å². The molecule has 82 valence electrons. The molecule has 1 N–H and O–H groups in total. The van der Waals surface area contributed by atoms with E-state index in [0.717, 1.165) is 37.8 Å². The minimum atomic E-state index is 0.524. The zero-order valence-electron chi connectivity index (χ0n) is 8.66. The Morgan fingerprint density at radius 1 is 1.40 bits per heavy atom. The zero-order valence-corrected chi connectivity index (χ0v) is 9.42. The fourth-order valence-corrected chi connectivity index (χ4v) is 1.78. The Morgan fingerprint density at radius 2 is 2.13 bits per heavy atom. The van der Waals surface area contributed by atoms with Gasteiger partial charge in [0.15, 0.2) is 5.82 Å². The van der Waals surface area contributed by atoms with Crippen molar-refractivity contribution in [2.75, 3.05) is 43.6 Å². The molecule has 1 saturated heterocycles. The highest BCUT2D eigenvalue weighted by atomic mass is 35.5. The van der Waals surface area contributed by atoms with Gasteiger partial charge < -0.3 is 15.0 Å². The largest absolute Gasteiger partial charge is 0.385 e. The highest BCUT2D eigenvalue weighted by Gasteiger charge is 2.15. The first-order valence-corrected chi connectivity index (χ1v) is 5.36. The topological polar surface area (TPSA) is 37.4 Å². The van der Waals surface area contributed by atoms with Crippen molar-refractivity contribution in [3.8, 4) is 0 Å². The van der Waals surface area contributed by atoms with E-state index in [4.69, 9.17) is 16.3 Å². The average molecular weight is 228 g/mol. The van der Waals surface area contributed by atoms with Crippen molar-refractivity contribution in [3.05, 3.63) is 17.3 Å². The fraction of sp³-hybridized carbons (Fsp3) is 0.500. The number of hydrogen-bond acceptors (Lipinski definition) is 4. The lowest BCUT2D eigenvalue weighted by Gasteiger charge is -2.29. The maximum Gasteiger partial charge on any atom is 0.153 e. The molecule has 0 amide bonds. The van der Waals surface area contributed by atoms with Crippen LogP contribution in [0.25, 0.3) is 0 Å². The van der Waals surface area contributed by atoms with Gasteiger partial charge in [-0.25, -0.2) is 4.98 Å². The van der Waals surface area contributed by atoms with Gasteiger partial charge in [-0.05, 0) is 12.1 Å². The van der Waals surface area contributed by atoms with Crippen LogP contribution in [-0.4, -0.2) is 38.3 Å². The van der Waals surface area contributed by atoms with Crippen molar-refractivity contribution < 1.29 is 4.74 Å². The number of rotatable bonds is 2. The van der Waals surface area contributed by atoms with E-state index in [9.17, 15) is 0 Å². The molecule has 0 saturated carbocycles. The maximum absolute atomic E-state index is 5.90. The fourth-order valence-electron chi connectivity index (χ4n) is 1.64. The van der Waals surface area contributed by atoms with Crippen molar-refractivity contribution >= 4 is 23.1 Å². The minimum Gasteiger partial charge on any atom is -0.385 e. The van der Waals surface area contributed by atoms with Gasteiger partial charge in [-0.2, -0.15) is 0 Å². The highest BCUT2D eigenvalue weighted by molar-refractivity contribution is 6.29. The van der Waals surface area contributed by atoms with Gasteiger partial charge in [0.2, 0.25) is 0 Å². The molecule has 2 rings (SSSR count). The predicted octanol–water partition coefficient (Wildman–Crippen LogP) is 1.61. The number of nitrogens with one attached hydrogen (secondary N) is 1. The molecule has 2 heterocycles. The smallest absolute Gasteiger partial charge is 0.153 e. The van der Waals surface area contributed by atoms with Gasteiger partial charge in [0.05, 0.1) is 18.9 Å². The highest BCUT2D eigenvalue weighted by Crippen LogP contribution is 2.25. The molecular formula is C10H14ClN3O. The molecule has 0 aliphatic carbocycles. The summed E-state index contributed by atoms with van der Waals surface area (Å²) in [5.74, 6) is 0.910. The monoisotopic (exact) mass is 227 g/mol. The van der Waals surface area contributed by atoms with Gasteiger partial charge in [0.1, 0.15) is 5.15 Å². The lowest BCUT2D eigenvalue weighted by Crippen LogP contribution is -2.37. The van der Waals surface area contributed by atoms with Crippen LogP contribution in [0.3, 0.4) is 0 Å². The van der Waals surface area contributed by atoms with E-state index in [0.29, 0.717) is 5.15 Å². The summed E-state index contributed by atoms with van der Waals surface area (Å²) < 4.78 is 5.30. The molecule has 1 aromatic rings. The van der Waals surface area contributed by atoms with Crippen LogP contribution in [-0.2, 0) is 4.74 Å². The molecule has 4 nitrogen and oxygen atoms in total. The van der Waals surface area contributed by atoms with Gasteiger partial charge in [0, 0.05) is 20.1 Å². The Morgan fingerprint density at radius 3 is 2.80 bits per heavy atom. The Kier molecular flexibility index (Phi) is 3.28. The van der Waals surface area contributed by atoms with Crippen LogP contribution in [0.1, 0.15) is 0 Å². The van der Waals surface area contributed by atoms with Gasteiger partial charge >= 0.3 is 0 Å². The Bertz CT molecular complexity index is 339. The summed E-state index contributed by atoms with van der Waals surface area (Å²) in [6, 6.07) is 3.73. The SMILES string of the molecule is CNc1ccc(Cl)nc1N1CCOCC1. The molecule has 0 bridgehead atoms. The van der Waals surface area contributed by atoms with E-state index in [-0.39, 0.29) is 0 Å². The van der Waals surface area contributed by atoms with E-state index in [1.54, 1.807) is 6.07 Å². The lowest BCUT2D eigenvalue weighted by molar-refractivity contribution is 0.122. The van der Waals surface area contributed by atoms with Crippen molar-refractivity contribution in [1.29, 1.82) is 0 Å². The molecular weight excluding hydrogens is 214 g/mol. The Hall–Kier alpha value is -1.00. The summed E-state index contributed by atoms with van der Waals surface area (Å²) in [6.45, 7) is 3.22. The number of aromatic nitrogens is 1. The summed E-state index contributed by atoms with van der Waals surface area (Å²) in [6.07, 6.45) is 0. The first-order chi connectivity index (χ1) is 7.31.